The van der Waals surface area contributed by atoms with Crippen molar-refractivity contribution in [3.8, 4) is 16.6 Å². The van der Waals surface area contributed by atoms with Crippen molar-refractivity contribution in [3.63, 3.8) is 0 Å². The van der Waals surface area contributed by atoms with Gasteiger partial charge >= 0.3 is 0 Å². The highest BCUT2D eigenvalue weighted by Crippen LogP contribution is 2.39. The lowest BCUT2D eigenvalue weighted by atomic mass is 9.86. The molecule has 1 saturated carbocycles. The molecule has 0 bridgehead atoms. The first-order chi connectivity index (χ1) is 9.36. The Hall–Kier alpha value is -1.71. The van der Waals surface area contributed by atoms with Gasteiger partial charge in [0.1, 0.15) is 16.8 Å². The van der Waals surface area contributed by atoms with Gasteiger partial charge in [0.05, 0.1) is 4.88 Å². The summed E-state index contributed by atoms with van der Waals surface area (Å²) >= 11 is 3.22. The number of nitriles is 1. The third kappa shape index (κ3) is 1.62. The number of hydrogen-bond donors (Lipinski definition) is 0. The maximum absolute atomic E-state index is 9.38. The summed E-state index contributed by atoms with van der Waals surface area (Å²) in [5, 5.41) is 17.1. The number of fused-ring (bicyclic) bond motifs is 1. The Bertz CT molecular complexity index is 772. The van der Waals surface area contributed by atoms with E-state index < -0.39 is 0 Å². The fourth-order valence-electron chi connectivity index (χ4n) is 2.27. The van der Waals surface area contributed by atoms with E-state index in [9.17, 15) is 5.26 Å². The fourth-order valence-corrected chi connectivity index (χ4v) is 4.05. The largest absolute Gasteiger partial charge is 0.215 e. The summed E-state index contributed by atoms with van der Waals surface area (Å²) in [7, 11) is 0. The molecular weight excluding hydrogens is 276 g/mol. The van der Waals surface area contributed by atoms with Crippen LogP contribution in [-0.2, 0) is 0 Å². The quantitative estimate of drug-likeness (QED) is 0.722. The van der Waals surface area contributed by atoms with Crippen molar-refractivity contribution < 1.29 is 0 Å². The molecule has 1 aliphatic rings. The molecule has 1 aliphatic carbocycles. The van der Waals surface area contributed by atoms with Crippen LogP contribution in [0.15, 0.2) is 17.5 Å². The van der Waals surface area contributed by atoms with Crippen LogP contribution in [0.25, 0.3) is 15.5 Å². The molecule has 0 amide bonds. The maximum atomic E-state index is 9.38. The molecule has 4 rings (SSSR count). The lowest BCUT2D eigenvalue weighted by Gasteiger charge is -2.21. The van der Waals surface area contributed by atoms with E-state index in [0.29, 0.717) is 11.6 Å². The van der Waals surface area contributed by atoms with Crippen LogP contribution in [0.3, 0.4) is 0 Å². The van der Waals surface area contributed by atoms with E-state index in [1.54, 1.807) is 27.2 Å². The molecular formula is C13H10N4S2. The molecule has 0 N–H and O–H groups in total. The Morgan fingerprint density at radius 2 is 2.32 bits per heavy atom. The zero-order chi connectivity index (χ0) is 12.8. The summed E-state index contributed by atoms with van der Waals surface area (Å²) in [5.74, 6) is 0.587. The minimum Gasteiger partial charge on any atom is -0.215 e. The molecule has 6 heteroatoms. The molecule has 94 valence electrons. The van der Waals surface area contributed by atoms with Crippen LogP contribution in [0.2, 0.25) is 0 Å². The van der Waals surface area contributed by atoms with E-state index in [2.05, 4.69) is 16.2 Å². The maximum Gasteiger partial charge on any atom is 0.214 e. The smallest absolute Gasteiger partial charge is 0.214 e. The monoisotopic (exact) mass is 286 g/mol. The Morgan fingerprint density at radius 1 is 1.42 bits per heavy atom. The minimum atomic E-state index is 0.555. The normalized spacial score (nSPS) is 15.5. The van der Waals surface area contributed by atoms with Crippen molar-refractivity contribution in [2.45, 2.75) is 25.2 Å². The SMILES string of the molecule is N#Cc1c(-c2cccs2)nc2sc(C3CCC3)nn12. The predicted molar refractivity (Wildman–Crippen MR) is 75.5 cm³/mol. The number of rotatable bonds is 2. The van der Waals surface area contributed by atoms with Gasteiger partial charge in [-0.15, -0.1) is 11.3 Å². The van der Waals surface area contributed by atoms with Crippen molar-refractivity contribution in [1.82, 2.24) is 14.6 Å². The second kappa shape index (κ2) is 4.15. The van der Waals surface area contributed by atoms with Crippen molar-refractivity contribution in [1.29, 1.82) is 5.26 Å². The van der Waals surface area contributed by atoms with Gasteiger partial charge in [0.15, 0.2) is 5.69 Å². The average Bonchev–Trinajstić information content (AvgIpc) is 2.98. The Labute approximate surface area is 118 Å². The highest BCUT2D eigenvalue weighted by Gasteiger charge is 2.26. The second-order valence-electron chi connectivity index (χ2n) is 4.66. The molecule has 1 fully saturated rings. The minimum absolute atomic E-state index is 0.555. The van der Waals surface area contributed by atoms with Gasteiger partial charge in [0.2, 0.25) is 4.96 Å². The number of hydrogen-bond acceptors (Lipinski definition) is 5. The van der Waals surface area contributed by atoms with Crippen LogP contribution in [0.1, 0.15) is 35.9 Å². The molecule has 0 atom stereocenters. The van der Waals surface area contributed by atoms with Crippen LogP contribution in [-0.4, -0.2) is 14.6 Å². The van der Waals surface area contributed by atoms with Crippen LogP contribution in [0, 0.1) is 11.3 Å². The molecule has 3 aromatic heterocycles. The van der Waals surface area contributed by atoms with Crippen LogP contribution < -0.4 is 0 Å². The molecule has 4 nitrogen and oxygen atoms in total. The third-order valence-corrected chi connectivity index (χ3v) is 5.48. The Kier molecular flexibility index (Phi) is 2.43. The topological polar surface area (TPSA) is 54.0 Å². The van der Waals surface area contributed by atoms with Gasteiger partial charge in [0.25, 0.3) is 0 Å². The van der Waals surface area contributed by atoms with Crippen LogP contribution in [0.4, 0.5) is 0 Å². The molecule has 19 heavy (non-hydrogen) atoms. The molecule has 0 saturated heterocycles. The number of nitrogens with zero attached hydrogens (tertiary/aromatic N) is 4. The van der Waals surface area contributed by atoms with Crippen molar-refractivity contribution in [3.05, 3.63) is 28.2 Å². The van der Waals surface area contributed by atoms with Crippen molar-refractivity contribution >= 4 is 27.6 Å². The van der Waals surface area contributed by atoms with Gasteiger partial charge in [0, 0.05) is 5.92 Å². The first kappa shape index (κ1) is 11.1. The van der Waals surface area contributed by atoms with Gasteiger partial charge in [-0.25, -0.2) is 4.98 Å². The summed E-state index contributed by atoms with van der Waals surface area (Å²) in [5.41, 5.74) is 1.32. The van der Waals surface area contributed by atoms with Gasteiger partial charge in [-0.05, 0) is 24.3 Å². The number of thiophene rings is 1. The van der Waals surface area contributed by atoms with Crippen LogP contribution in [0.5, 0.6) is 0 Å². The number of aromatic nitrogens is 3. The lowest BCUT2D eigenvalue weighted by molar-refractivity contribution is 0.415. The van der Waals surface area contributed by atoms with E-state index in [-0.39, 0.29) is 0 Å². The zero-order valence-corrected chi connectivity index (χ0v) is 11.7. The number of imidazole rings is 1. The second-order valence-corrected chi connectivity index (χ2v) is 6.60. The third-order valence-electron chi connectivity index (χ3n) is 3.53. The molecule has 0 aromatic carbocycles. The molecule has 3 heterocycles. The standard InChI is InChI=1S/C13H10N4S2/c14-7-9-11(10-5-2-6-18-10)15-13-17(9)16-12(19-13)8-3-1-4-8/h2,5-6,8H,1,3-4H2. The molecule has 0 spiro atoms. The zero-order valence-electron chi connectivity index (χ0n) is 10.0. The van der Waals surface area contributed by atoms with E-state index >= 15 is 0 Å². The fraction of sp³-hybridized carbons (Fsp3) is 0.308. The van der Waals surface area contributed by atoms with E-state index in [1.165, 1.54) is 19.3 Å². The highest BCUT2D eigenvalue weighted by atomic mass is 32.1. The van der Waals surface area contributed by atoms with E-state index in [4.69, 9.17) is 0 Å². The van der Waals surface area contributed by atoms with Crippen LogP contribution >= 0.6 is 22.7 Å². The molecule has 3 aromatic rings. The van der Waals surface area contributed by atoms with E-state index in [1.807, 2.05) is 17.5 Å². The molecule has 0 radical (unpaired) electrons. The molecule has 0 unspecified atom stereocenters. The van der Waals surface area contributed by atoms with E-state index in [0.717, 1.165) is 20.5 Å². The van der Waals surface area contributed by atoms with Gasteiger partial charge < -0.3 is 0 Å². The summed E-state index contributed by atoms with van der Waals surface area (Å²) < 4.78 is 1.72. The first-order valence-electron chi connectivity index (χ1n) is 6.20. The lowest BCUT2D eigenvalue weighted by Crippen LogP contribution is -2.08. The summed E-state index contributed by atoms with van der Waals surface area (Å²) in [6.07, 6.45) is 3.73. The van der Waals surface area contributed by atoms with Crippen molar-refractivity contribution in [2.24, 2.45) is 0 Å². The predicted octanol–water partition coefficient (Wildman–Crippen LogP) is 3.66. The van der Waals surface area contributed by atoms with Gasteiger partial charge in [-0.2, -0.15) is 14.9 Å². The Balaban J connectivity index is 1.88. The van der Waals surface area contributed by atoms with Gasteiger partial charge in [-0.1, -0.05) is 23.8 Å². The summed E-state index contributed by atoms with van der Waals surface area (Å²) in [6, 6.07) is 6.21. The summed E-state index contributed by atoms with van der Waals surface area (Å²) in [4.78, 5) is 6.46. The molecule has 0 aliphatic heterocycles. The summed E-state index contributed by atoms with van der Waals surface area (Å²) in [6.45, 7) is 0. The van der Waals surface area contributed by atoms with Gasteiger partial charge in [-0.3, -0.25) is 0 Å². The van der Waals surface area contributed by atoms with Crippen molar-refractivity contribution in [2.75, 3.05) is 0 Å². The Morgan fingerprint density at radius 3 is 2.95 bits per heavy atom. The highest BCUT2D eigenvalue weighted by molar-refractivity contribution is 7.17. The first-order valence-corrected chi connectivity index (χ1v) is 7.90. The average molecular weight is 286 g/mol.